The van der Waals surface area contributed by atoms with Crippen molar-refractivity contribution in [3.63, 3.8) is 0 Å². The molecule has 2 aliphatic rings. The Morgan fingerprint density at radius 1 is 1.34 bits per heavy atom. The van der Waals surface area contributed by atoms with E-state index in [-0.39, 0.29) is 12.0 Å². The molecule has 1 aromatic carbocycles. The van der Waals surface area contributed by atoms with E-state index in [1.165, 1.54) is 10.6 Å². The maximum Gasteiger partial charge on any atom is 0.407 e. The number of hydrogen-bond donors (Lipinski definition) is 2. The van der Waals surface area contributed by atoms with Gasteiger partial charge >= 0.3 is 6.09 Å². The summed E-state index contributed by atoms with van der Waals surface area (Å²) in [5.74, 6) is 1.16. The maximum absolute atomic E-state index is 12.0. The first kappa shape index (κ1) is 27.7. The molecule has 0 radical (unpaired) electrons. The fourth-order valence-electron chi connectivity index (χ4n) is 5.22. The summed E-state index contributed by atoms with van der Waals surface area (Å²) in [6.45, 7) is 4.26. The van der Waals surface area contributed by atoms with Crippen molar-refractivity contribution in [2.75, 3.05) is 30.4 Å². The van der Waals surface area contributed by atoms with Crippen LogP contribution in [0.15, 0.2) is 47.0 Å². The number of rotatable bonds is 12. The second kappa shape index (κ2) is 13.5. The lowest BCUT2D eigenvalue weighted by atomic mass is 9.97. The lowest BCUT2D eigenvalue weighted by Gasteiger charge is -2.24. The van der Waals surface area contributed by atoms with Crippen molar-refractivity contribution in [1.29, 1.82) is 5.26 Å². The molecular weight excluding hydrogens is 498 g/mol. The highest BCUT2D eigenvalue weighted by atomic mass is 32.1. The van der Waals surface area contributed by atoms with Crippen LogP contribution in [0.2, 0.25) is 0 Å². The molecule has 1 aliphatic carbocycles. The molecule has 1 N–H and O–H groups in total. The number of nitriles is 1. The molecule has 0 saturated heterocycles. The van der Waals surface area contributed by atoms with E-state index in [0.717, 1.165) is 67.8 Å². The highest BCUT2D eigenvalue weighted by Gasteiger charge is 2.25. The van der Waals surface area contributed by atoms with E-state index in [9.17, 15) is 15.2 Å². The third kappa shape index (κ3) is 7.38. The SMILES string of the molecule is Cc1cccc(N2CC(CN(CCCC(CCCS)Cn3cnc4c3CCC(C#N)C=C4)C(=O)O)N=N2)c1. The minimum absolute atomic E-state index is 0.0667. The summed E-state index contributed by atoms with van der Waals surface area (Å²) in [6.07, 6.45) is 10.3. The Morgan fingerprint density at radius 2 is 2.18 bits per heavy atom. The van der Waals surface area contributed by atoms with Crippen molar-refractivity contribution in [2.24, 2.45) is 22.2 Å². The Morgan fingerprint density at radius 3 is 2.95 bits per heavy atom. The van der Waals surface area contributed by atoms with Crippen LogP contribution in [0.5, 0.6) is 0 Å². The number of carbonyl (C=O) groups is 1. The molecule has 0 spiro atoms. The van der Waals surface area contributed by atoms with Crippen LogP contribution in [0.3, 0.4) is 0 Å². The van der Waals surface area contributed by atoms with Crippen LogP contribution in [0.25, 0.3) is 6.08 Å². The largest absolute Gasteiger partial charge is 0.465 e. The Hall–Kier alpha value is -3.32. The van der Waals surface area contributed by atoms with Gasteiger partial charge in [0.2, 0.25) is 0 Å². The molecule has 2 aromatic rings. The van der Waals surface area contributed by atoms with Gasteiger partial charge in [-0.1, -0.05) is 23.4 Å². The van der Waals surface area contributed by atoms with Crippen LogP contribution < -0.4 is 5.01 Å². The van der Waals surface area contributed by atoms with Gasteiger partial charge in [-0.25, -0.2) is 14.8 Å². The van der Waals surface area contributed by atoms with Crippen molar-refractivity contribution in [1.82, 2.24) is 14.5 Å². The highest BCUT2D eigenvalue weighted by Crippen LogP contribution is 2.25. The first-order chi connectivity index (χ1) is 18.5. The second-order valence-corrected chi connectivity index (χ2v) is 10.7. The number of allylic oxidation sites excluding steroid dienone is 1. The summed E-state index contributed by atoms with van der Waals surface area (Å²) in [5, 5.41) is 29.6. The van der Waals surface area contributed by atoms with Gasteiger partial charge in [0, 0.05) is 18.8 Å². The van der Waals surface area contributed by atoms with E-state index >= 15 is 0 Å². The standard InChI is InChI=1S/C28H37N7O2S/c1-21-5-2-8-25(15-21)35-19-24(31-32-35)18-33(28(36)37)13-3-6-23(7-4-14-38)17-34-20-30-26-11-9-22(16-29)10-12-27(26)34/h2,5,8-9,11,15,20,22-24,38H,3-4,6-7,10,12-14,17-19H2,1H3,(H,36,37). The Kier molecular flexibility index (Phi) is 9.82. The van der Waals surface area contributed by atoms with E-state index in [4.69, 9.17) is 0 Å². The van der Waals surface area contributed by atoms with Crippen molar-refractivity contribution in [2.45, 2.75) is 58.0 Å². The van der Waals surface area contributed by atoms with Gasteiger partial charge in [-0.3, -0.25) is 0 Å². The summed E-state index contributed by atoms with van der Waals surface area (Å²) in [6, 6.07) is 10.2. The number of nitrogens with zero attached hydrogens (tertiary/aromatic N) is 7. The molecule has 2 heterocycles. The number of benzene rings is 1. The smallest absolute Gasteiger partial charge is 0.407 e. The summed E-state index contributed by atoms with van der Waals surface area (Å²) in [4.78, 5) is 18.1. The third-order valence-corrected chi connectivity index (χ3v) is 7.61. The van der Waals surface area contributed by atoms with E-state index in [1.54, 1.807) is 0 Å². The van der Waals surface area contributed by atoms with Crippen molar-refractivity contribution < 1.29 is 9.90 Å². The number of carboxylic acid groups (broad SMARTS) is 1. The first-order valence-electron chi connectivity index (χ1n) is 13.4. The highest BCUT2D eigenvalue weighted by molar-refractivity contribution is 7.80. The molecule has 3 unspecified atom stereocenters. The number of anilines is 1. The minimum atomic E-state index is -0.917. The average Bonchev–Trinajstić information content (AvgIpc) is 3.47. The van der Waals surface area contributed by atoms with Crippen LogP contribution in [-0.4, -0.2) is 57.1 Å². The van der Waals surface area contributed by atoms with Gasteiger partial charge in [0.25, 0.3) is 0 Å². The quantitative estimate of drug-likeness (QED) is 0.342. The molecule has 1 aromatic heterocycles. The molecule has 4 rings (SSSR count). The second-order valence-electron chi connectivity index (χ2n) is 10.2. The number of imidazole rings is 1. The lowest BCUT2D eigenvalue weighted by Crippen LogP contribution is -2.38. The maximum atomic E-state index is 12.0. The van der Waals surface area contributed by atoms with Gasteiger partial charge in [0.15, 0.2) is 0 Å². The molecule has 202 valence electrons. The Bertz CT molecular complexity index is 1190. The van der Waals surface area contributed by atoms with Gasteiger partial charge in [-0.2, -0.15) is 23.0 Å². The molecule has 0 saturated carbocycles. The van der Waals surface area contributed by atoms with E-state index in [1.807, 2.05) is 48.6 Å². The van der Waals surface area contributed by atoms with E-state index in [2.05, 4.69) is 44.7 Å². The predicted molar refractivity (Wildman–Crippen MR) is 151 cm³/mol. The molecule has 38 heavy (non-hydrogen) atoms. The minimum Gasteiger partial charge on any atom is -0.465 e. The van der Waals surface area contributed by atoms with E-state index < -0.39 is 6.09 Å². The third-order valence-electron chi connectivity index (χ3n) is 7.30. The molecule has 9 nitrogen and oxygen atoms in total. The lowest BCUT2D eigenvalue weighted by molar-refractivity contribution is 0.140. The van der Waals surface area contributed by atoms with Crippen LogP contribution in [0, 0.1) is 30.1 Å². The number of amides is 1. The number of fused-ring (bicyclic) bond motifs is 1. The molecule has 1 amide bonds. The number of hydrogen-bond acceptors (Lipinski definition) is 7. The average molecular weight is 536 g/mol. The van der Waals surface area contributed by atoms with Gasteiger partial charge in [-0.05, 0) is 80.9 Å². The Balaban J connectivity index is 1.31. The van der Waals surface area contributed by atoms with Crippen LogP contribution in [0.4, 0.5) is 10.5 Å². The normalized spacial score (nSPS) is 19.1. The van der Waals surface area contributed by atoms with Crippen LogP contribution in [0.1, 0.15) is 49.1 Å². The molecule has 0 fully saturated rings. The molecule has 3 atom stereocenters. The summed E-state index contributed by atoms with van der Waals surface area (Å²) >= 11 is 4.41. The fraction of sp³-hybridized carbons (Fsp3) is 0.536. The van der Waals surface area contributed by atoms with E-state index in [0.29, 0.717) is 25.6 Å². The first-order valence-corrected chi connectivity index (χ1v) is 14.1. The van der Waals surface area contributed by atoms with Gasteiger partial charge < -0.3 is 14.6 Å². The van der Waals surface area contributed by atoms with Crippen LogP contribution in [-0.2, 0) is 13.0 Å². The molecule has 1 aliphatic heterocycles. The van der Waals surface area contributed by atoms with Crippen LogP contribution >= 0.6 is 12.6 Å². The van der Waals surface area contributed by atoms with Crippen molar-refractivity contribution >= 4 is 30.5 Å². The van der Waals surface area contributed by atoms with Gasteiger partial charge in [0.1, 0.15) is 6.04 Å². The Labute approximate surface area is 230 Å². The predicted octanol–water partition coefficient (Wildman–Crippen LogP) is 5.63. The summed E-state index contributed by atoms with van der Waals surface area (Å²) in [5.41, 5.74) is 4.27. The van der Waals surface area contributed by atoms with Crippen molar-refractivity contribution in [3.8, 4) is 6.07 Å². The zero-order valence-corrected chi connectivity index (χ0v) is 22.9. The topological polar surface area (TPSA) is 110 Å². The van der Waals surface area contributed by atoms with Gasteiger partial charge in [0.05, 0.1) is 42.8 Å². The monoisotopic (exact) mass is 535 g/mol. The molecule has 10 heteroatoms. The van der Waals surface area contributed by atoms with Crippen molar-refractivity contribution in [3.05, 3.63) is 53.6 Å². The van der Waals surface area contributed by atoms with Gasteiger partial charge in [-0.15, -0.1) is 0 Å². The zero-order valence-electron chi connectivity index (χ0n) is 22.0. The molecule has 0 bridgehead atoms. The number of aromatic nitrogens is 2. The number of thiol groups is 1. The summed E-state index contributed by atoms with van der Waals surface area (Å²) in [7, 11) is 0. The zero-order chi connectivity index (χ0) is 26.9. The number of aryl methyl sites for hydroxylation is 1. The molecular formula is C28H37N7O2S. The fourth-order valence-corrected chi connectivity index (χ4v) is 5.40. The summed E-state index contributed by atoms with van der Waals surface area (Å²) < 4.78 is 2.23.